The Labute approximate surface area is 187 Å². The van der Waals surface area contributed by atoms with Crippen LogP contribution in [-0.2, 0) is 4.79 Å². The van der Waals surface area contributed by atoms with Gasteiger partial charge in [0, 0.05) is 16.6 Å². The number of hydrogen-bond donors (Lipinski definition) is 0. The number of amides is 1. The van der Waals surface area contributed by atoms with Gasteiger partial charge in [0.05, 0.1) is 17.7 Å². The molecule has 1 saturated carbocycles. The van der Waals surface area contributed by atoms with Crippen molar-refractivity contribution in [2.24, 2.45) is 10.9 Å². The van der Waals surface area contributed by atoms with E-state index < -0.39 is 0 Å². The van der Waals surface area contributed by atoms with Crippen molar-refractivity contribution < 1.29 is 9.53 Å². The van der Waals surface area contributed by atoms with Crippen molar-refractivity contribution >= 4 is 46.2 Å². The highest BCUT2D eigenvalue weighted by atomic mass is 35.5. The third-order valence-corrected chi connectivity index (χ3v) is 6.91. The number of carbonyl (C=O) groups is 1. The number of aliphatic imine (C=N–C) groups is 1. The van der Waals surface area contributed by atoms with Crippen LogP contribution >= 0.6 is 23.4 Å². The normalized spacial score (nSPS) is 24.6. The van der Waals surface area contributed by atoms with Crippen LogP contribution in [0.1, 0.15) is 38.2 Å². The smallest absolute Gasteiger partial charge is 0.267 e. The minimum absolute atomic E-state index is 0.00968. The number of nitrogens with zero attached hydrogens (tertiary/aromatic N) is 2. The molecule has 2 aliphatic rings. The minimum atomic E-state index is 0.00968. The number of ether oxygens (including phenoxy) is 1. The highest BCUT2D eigenvalue weighted by Crippen LogP contribution is 2.41. The first-order chi connectivity index (χ1) is 14.6. The first kappa shape index (κ1) is 21.0. The molecule has 0 N–H and O–H groups in total. The summed E-state index contributed by atoms with van der Waals surface area (Å²) < 4.78 is 5.46. The third kappa shape index (κ3) is 4.42. The summed E-state index contributed by atoms with van der Waals surface area (Å²) >= 11 is 7.62. The maximum atomic E-state index is 13.5. The molecule has 0 radical (unpaired) electrons. The molecular formula is C24H25ClN2O2S. The summed E-state index contributed by atoms with van der Waals surface area (Å²) in [6.45, 7) is 2.24. The van der Waals surface area contributed by atoms with Crippen LogP contribution in [0.15, 0.2) is 58.4 Å². The second-order valence-corrected chi connectivity index (χ2v) is 9.18. The number of hydrogen-bond acceptors (Lipinski definition) is 4. The summed E-state index contributed by atoms with van der Waals surface area (Å²) in [7, 11) is 1.62. The van der Waals surface area contributed by atoms with E-state index in [4.69, 9.17) is 21.3 Å². The molecule has 156 valence electrons. The van der Waals surface area contributed by atoms with E-state index in [-0.39, 0.29) is 11.9 Å². The number of carbonyl (C=O) groups excluding carboxylic acids is 1. The lowest BCUT2D eigenvalue weighted by molar-refractivity contribution is -0.124. The first-order valence-electron chi connectivity index (χ1n) is 10.3. The van der Waals surface area contributed by atoms with Crippen LogP contribution in [0.5, 0.6) is 5.75 Å². The summed E-state index contributed by atoms with van der Waals surface area (Å²) in [5, 5.41) is 1.35. The third-order valence-electron chi connectivity index (χ3n) is 5.69. The summed E-state index contributed by atoms with van der Waals surface area (Å²) in [4.78, 5) is 20.9. The average Bonchev–Trinajstić information content (AvgIpc) is 3.04. The lowest BCUT2D eigenvalue weighted by Crippen LogP contribution is -2.44. The van der Waals surface area contributed by atoms with Crippen LogP contribution in [0, 0.1) is 5.92 Å². The van der Waals surface area contributed by atoms with Crippen LogP contribution in [0.3, 0.4) is 0 Å². The average molecular weight is 441 g/mol. The fourth-order valence-corrected chi connectivity index (χ4v) is 5.33. The molecule has 1 saturated heterocycles. The SMILES string of the molecule is COc1ccc(Cl)cc1/C=C1\SC(=Nc2ccccc2)N([C@H]2CCCC[C@H]2C)C1=O. The van der Waals surface area contributed by atoms with Crippen LogP contribution < -0.4 is 4.74 Å². The fraction of sp³-hybridized carbons (Fsp3) is 0.333. The maximum Gasteiger partial charge on any atom is 0.267 e. The van der Waals surface area contributed by atoms with Gasteiger partial charge in [-0.2, -0.15) is 0 Å². The van der Waals surface area contributed by atoms with Crippen molar-refractivity contribution in [2.75, 3.05) is 7.11 Å². The van der Waals surface area contributed by atoms with Gasteiger partial charge in [0.2, 0.25) is 0 Å². The Balaban J connectivity index is 1.75. The van der Waals surface area contributed by atoms with Gasteiger partial charge in [0.25, 0.3) is 5.91 Å². The molecule has 0 unspecified atom stereocenters. The zero-order valence-corrected chi connectivity index (χ0v) is 18.7. The Hall–Kier alpha value is -2.24. The van der Waals surface area contributed by atoms with E-state index in [0.29, 0.717) is 21.6 Å². The van der Waals surface area contributed by atoms with Gasteiger partial charge in [-0.1, -0.05) is 49.6 Å². The molecular weight excluding hydrogens is 416 g/mol. The van der Waals surface area contributed by atoms with Crippen molar-refractivity contribution in [3.05, 3.63) is 64.0 Å². The van der Waals surface area contributed by atoms with E-state index in [0.717, 1.165) is 35.7 Å². The second kappa shape index (κ2) is 9.27. The van der Waals surface area contributed by atoms with Gasteiger partial charge < -0.3 is 4.74 Å². The number of thioether (sulfide) groups is 1. The highest BCUT2D eigenvalue weighted by Gasteiger charge is 2.41. The maximum absolute atomic E-state index is 13.5. The zero-order valence-electron chi connectivity index (χ0n) is 17.2. The van der Waals surface area contributed by atoms with Crippen molar-refractivity contribution in [1.82, 2.24) is 4.90 Å². The number of amidine groups is 1. The fourth-order valence-electron chi connectivity index (χ4n) is 4.11. The molecule has 4 nitrogen and oxygen atoms in total. The molecule has 2 aromatic rings. The van der Waals surface area contributed by atoms with E-state index in [9.17, 15) is 4.79 Å². The van der Waals surface area contributed by atoms with Crippen LogP contribution in [-0.4, -0.2) is 29.1 Å². The molecule has 1 aliphatic carbocycles. The van der Waals surface area contributed by atoms with Gasteiger partial charge in [-0.3, -0.25) is 9.69 Å². The van der Waals surface area contributed by atoms with Crippen LogP contribution in [0.2, 0.25) is 5.02 Å². The second-order valence-electron chi connectivity index (χ2n) is 7.73. The number of rotatable bonds is 4. The Kier molecular flexibility index (Phi) is 6.49. The van der Waals surface area contributed by atoms with E-state index in [1.54, 1.807) is 13.2 Å². The molecule has 1 amide bonds. The summed E-state index contributed by atoms with van der Waals surface area (Å²) in [5.41, 5.74) is 1.64. The van der Waals surface area contributed by atoms with Crippen molar-refractivity contribution in [2.45, 2.75) is 38.6 Å². The van der Waals surface area contributed by atoms with Gasteiger partial charge in [0.1, 0.15) is 5.75 Å². The van der Waals surface area contributed by atoms with Gasteiger partial charge in [0.15, 0.2) is 5.17 Å². The molecule has 2 fully saturated rings. The Morgan fingerprint density at radius 3 is 2.67 bits per heavy atom. The lowest BCUT2D eigenvalue weighted by Gasteiger charge is -2.35. The summed E-state index contributed by atoms with van der Waals surface area (Å²) in [5.74, 6) is 1.14. The predicted octanol–water partition coefficient (Wildman–Crippen LogP) is 6.53. The molecule has 4 rings (SSSR count). The Morgan fingerprint density at radius 1 is 1.17 bits per heavy atom. The van der Waals surface area contributed by atoms with E-state index in [1.165, 1.54) is 18.2 Å². The Bertz CT molecular complexity index is 990. The summed E-state index contributed by atoms with van der Waals surface area (Å²) in [6, 6.07) is 15.4. The largest absolute Gasteiger partial charge is 0.496 e. The minimum Gasteiger partial charge on any atom is -0.496 e. The van der Waals surface area contributed by atoms with Crippen LogP contribution in [0.25, 0.3) is 6.08 Å². The molecule has 1 aliphatic heterocycles. The Morgan fingerprint density at radius 2 is 1.93 bits per heavy atom. The first-order valence-corrected chi connectivity index (χ1v) is 11.5. The molecule has 2 atom stereocenters. The number of halogens is 1. The molecule has 2 aromatic carbocycles. The lowest BCUT2D eigenvalue weighted by atomic mass is 9.85. The quantitative estimate of drug-likeness (QED) is 0.507. The van der Waals surface area contributed by atoms with Gasteiger partial charge in [-0.25, -0.2) is 4.99 Å². The molecule has 30 heavy (non-hydrogen) atoms. The molecule has 6 heteroatoms. The van der Waals surface area contributed by atoms with E-state index >= 15 is 0 Å². The monoisotopic (exact) mass is 440 g/mol. The van der Waals surface area contributed by atoms with E-state index in [2.05, 4.69) is 6.92 Å². The highest BCUT2D eigenvalue weighted by molar-refractivity contribution is 8.18. The van der Waals surface area contributed by atoms with Crippen molar-refractivity contribution in [3.63, 3.8) is 0 Å². The standard InChI is InChI=1S/C24H25ClN2O2S/c1-16-8-6-7-11-20(16)27-23(28)22(15-17-14-18(25)12-13-21(17)29-2)30-24(27)26-19-9-4-3-5-10-19/h3-5,9-10,12-16,20H,6-8,11H2,1-2H3/b22-15-,26-24?/t16-,20+/m1/s1. The van der Waals surface area contributed by atoms with Gasteiger partial charge >= 0.3 is 0 Å². The predicted molar refractivity (Wildman–Crippen MR) is 125 cm³/mol. The summed E-state index contributed by atoms with van der Waals surface area (Å²) in [6.07, 6.45) is 6.38. The molecule has 1 heterocycles. The van der Waals surface area contributed by atoms with E-state index in [1.807, 2.05) is 53.4 Å². The van der Waals surface area contributed by atoms with Gasteiger partial charge in [-0.05, 0) is 66.9 Å². The zero-order chi connectivity index (χ0) is 21.1. The van der Waals surface area contributed by atoms with Crippen LogP contribution in [0.4, 0.5) is 5.69 Å². The molecule has 0 bridgehead atoms. The molecule has 0 aromatic heterocycles. The molecule has 0 spiro atoms. The van der Waals surface area contributed by atoms with Crippen molar-refractivity contribution in [1.29, 1.82) is 0 Å². The number of para-hydroxylation sites is 1. The topological polar surface area (TPSA) is 41.9 Å². The number of benzene rings is 2. The van der Waals surface area contributed by atoms with Crippen molar-refractivity contribution in [3.8, 4) is 5.75 Å². The van der Waals surface area contributed by atoms with Gasteiger partial charge in [-0.15, -0.1) is 0 Å². The number of methoxy groups -OCH3 is 1.